The summed E-state index contributed by atoms with van der Waals surface area (Å²) < 4.78 is 0. The van der Waals surface area contributed by atoms with Gasteiger partial charge in [0.05, 0.1) is 11.9 Å². The minimum absolute atomic E-state index is 0.458. The lowest BCUT2D eigenvalue weighted by Gasteiger charge is -2.02. The van der Waals surface area contributed by atoms with Gasteiger partial charge in [-0.15, -0.1) is 0 Å². The van der Waals surface area contributed by atoms with Crippen LogP contribution in [0.4, 0.5) is 0 Å². The predicted molar refractivity (Wildman–Crippen MR) is 40.1 cm³/mol. The molecule has 1 rings (SSSR count). The molecule has 1 aromatic rings. The molecule has 3 nitrogen and oxygen atoms in total. The normalized spacial score (nSPS) is 10.4. The topological polar surface area (TPSA) is 64.9 Å². The lowest BCUT2D eigenvalue weighted by atomic mass is 10.2. The van der Waals surface area contributed by atoms with Crippen LogP contribution in [0, 0.1) is 6.92 Å². The Bertz CT molecular complexity index is 203. The van der Waals surface area contributed by atoms with Crippen LogP contribution in [-0.2, 0) is 0 Å². The third-order valence-corrected chi connectivity index (χ3v) is 1.28. The van der Waals surface area contributed by atoms with Gasteiger partial charge in [-0.25, -0.2) is 0 Å². The van der Waals surface area contributed by atoms with Crippen LogP contribution in [0.1, 0.15) is 17.4 Å². The maximum Gasteiger partial charge on any atom is 0.0959 e. The molecule has 0 aliphatic carbocycles. The molecule has 0 bridgehead atoms. The molecule has 0 atom stereocenters. The average Bonchev–Trinajstić information content (AvgIpc) is 1.88. The number of hydrogen-bond acceptors (Lipinski definition) is 3. The van der Waals surface area contributed by atoms with Crippen LogP contribution in [0.5, 0.6) is 0 Å². The van der Waals surface area contributed by atoms with E-state index in [0.717, 1.165) is 11.3 Å². The number of pyridine rings is 1. The van der Waals surface area contributed by atoms with Crippen LogP contribution in [0.2, 0.25) is 0 Å². The fourth-order valence-electron chi connectivity index (χ4n) is 0.676. The molecule has 0 amide bonds. The molecule has 0 saturated heterocycles. The summed E-state index contributed by atoms with van der Waals surface area (Å²) in [6.45, 7) is 1.97. The molecule has 0 aromatic carbocycles. The molecule has 1 aromatic heterocycles. The second-order valence-corrected chi connectivity index (χ2v) is 2.29. The molecular weight excluding hydrogens is 126 g/mol. The molecule has 54 valence electrons. The van der Waals surface area contributed by atoms with E-state index < -0.39 is 6.17 Å². The highest BCUT2D eigenvalue weighted by Gasteiger charge is 1.97. The van der Waals surface area contributed by atoms with Crippen molar-refractivity contribution in [2.45, 2.75) is 13.1 Å². The van der Waals surface area contributed by atoms with Crippen molar-refractivity contribution in [2.75, 3.05) is 0 Å². The average molecular weight is 137 g/mol. The smallest absolute Gasteiger partial charge is 0.0959 e. The second kappa shape index (κ2) is 2.77. The van der Waals surface area contributed by atoms with E-state index in [4.69, 9.17) is 11.5 Å². The summed E-state index contributed by atoms with van der Waals surface area (Å²) in [5.74, 6) is 0. The van der Waals surface area contributed by atoms with Gasteiger partial charge in [0, 0.05) is 6.20 Å². The van der Waals surface area contributed by atoms with E-state index in [1.807, 2.05) is 19.1 Å². The van der Waals surface area contributed by atoms with Gasteiger partial charge in [0.1, 0.15) is 0 Å². The monoisotopic (exact) mass is 137 g/mol. The van der Waals surface area contributed by atoms with Gasteiger partial charge in [-0.3, -0.25) is 4.98 Å². The number of hydrogen-bond donors (Lipinski definition) is 2. The van der Waals surface area contributed by atoms with Crippen LogP contribution in [-0.4, -0.2) is 4.98 Å². The van der Waals surface area contributed by atoms with Crippen LogP contribution in [0.15, 0.2) is 18.3 Å². The summed E-state index contributed by atoms with van der Waals surface area (Å²) in [5.41, 5.74) is 12.6. The Morgan fingerprint density at radius 1 is 1.40 bits per heavy atom. The minimum Gasteiger partial charge on any atom is -0.311 e. The summed E-state index contributed by atoms with van der Waals surface area (Å²) in [5, 5.41) is 0. The number of nitrogens with zero attached hydrogens (tertiary/aromatic N) is 1. The van der Waals surface area contributed by atoms with E-state index in [9.17, 15) is 0 Å². The fraction of sp³-hybridized carbons (Fsp3) is 0.286. The summed E-state index contributed by atoms with van der Waals surface area (Å²) in [6, 6.07) is 3.77. The van der Waals surface area contributed by atoms with Gasteiger partial charge in [0.25, 0.3) is 0 Å². The first-order chi connectivity index (χ1) is 4.70. The summed E-state index contributed by atoms with van der Waals surface area (Å²) >= 11 is 0. The molecule has 0 aliphatic heterocycles. The number of aromatic nitrogens is 1. The summed E-state index contributed by atoms with van der Waals surface area (Å²) in [4.78, 5) is 4.03. The maximum atomic E-state index is 5.38. The van der Waals surface area contributed by atoms with E-state index in [2.05, 4.69) is 4.98 Å². The first-order valence-corrected chi connectivity index (χ1v) is 3.14. The molecule has 0 spiro atoms. The zero-order valence-corrected chi connectivity index (χ0v) is 5.91. The van der Waals surface area contributed by atoms with Crippen molar-refractivity contribution in [3.63, 3.8) is 0 Å². The van der Waals surface area contributed by atoms with E-state index in [1.165, 1.54) is 0 Å². The van der Waals surface area contributed by atoms with Gasteiger partial charge in [0.15, 0.2) is 0 Å². The molecule has 1 heterocycles. The Balaban J connectivity index is 2.89. The van der Waals surface area contributed by atoms with E-state index in [0.29, 0.717) is 0 Å². The van der Waals surface area contributed by atoms with Crippen molar-refractivity contribution in [1.29, 1.82) is 0 Å². The van der Waals surface area contributed by atoms with E-state index in [-0.39, 0.29) is 0 Å². The fourth-order valence-corrected chi connectivity index (χ4v) is 0.676. The van der Waals surface area contributed by atoms with Gasteiger partial charge in [0.2, 0.25) is 0 Å². The van der Waals surface area contributed by atoms with Crippen LogP contribution >= 0.6 is 0 Å². The van der Waals surface area contributed by atoms with Crippen molar-refractivity contribution in [3.05, 3.63) is 29.6 Å². The quantitative estimate of drug-likeness (QED) is 0.547. The Hall–Kier alpha value is -0.930. The van der Waals surface area contributed by atoms with Crippen molar-refractivity contribution in [3.8, 4) is 0 Å². The molecule has 0 saturated carbocycles. The lowest BCUT2D eigenvalue weighted by molar-refractivity contribution is 0.741. The summed E-state index contributed by atoms with van der Waals surface area (Å²) in [7, 11) is 0. The van der Waals surface area contributed by atoms with Gasteiger partial charge < -0.3 is 11.5 Å². The van der Waals surface area contributed by atoms with E-state index >= 15 is 0 Å². The SMILES string of the molecule is Cc1ccc(C(N)N)nc1. The molecule has 4 N–H and O–H groups in total. The minimum atomic E-state index is -0.458. The van der Waals surface area contributed by atoms with Gasteiger partial charge >= 0.3 is 0 Å². The van der Waals surface area contributed by atoms with Crippen LogP contribution in [0.3, 0.4) is 0 Å². The largest absolute Gasteiger partial charge is 0.311 e. The third-order valence-electron chi connectivity index (χ3n) is 1.28. The Morgan fingerprint density at radius 2 is 2.10 bits per heavy atom. The third kappa shape index (κ3) is 1.52. The van der Waals surface area contributed by atoms with Gasteiger partial charge in [-0.1, -0.05) is 6.07 Å². The van der Waals surface area contributed by atoms with Crippen LogP contribution < -0.4 is 11.5 Å². The van der Waals surface area contributed by atoms with Crippen molar-refractivity contribution < 1.29 is 0 Å². The first kappa shape index (κ1) is 7.18. The predicted octanol–water partition coefficient (Wildman–Crippen LogP) is 0.306. The highest BCUT2D eigenvalue weighted by Crippen LogP contribution is 2.01. The zero-order valence-electron chi connectivity index (χ0n) is 5.91. The number of rotatable bonds is 1. The molecule has 0 fully saturated rings. The molecule has 10 heavy (non-hydrogen) atoms. The first-order valence-electron chi connectivity index (χ1n) is 3.14. The molecular formula is C7H11N3. The highest BCUT2D eigenvalue weighted by molar-refractivity contribution is 5.13. The Morgan fingerprint density at radius 3 is 2.50 bits per heavy atom. The molecule has 0 radical (unpaired) electrons. The molecule has 0 unspecified atom stereocenters. The highest BCUT2D eigenvalue weighted by atomic mass is 14.9. The Labute approximate surface area is 60.1 Å². The van der Waals surface area contributed by atoms with Gasteiger partial charge in [-0.05, 0) is 18.6 Å². The second-order valence-electron chi connectivity index (χ2n) is 2.29. The maximum absolute atomic E-state index is 5.38. The number of aryl methyl sites for hydroxylation is 1. The molecule has 0 aliphatic rings. The summed E-state index contributed by atoms with van der Waals surface area (Å²) in [6.07, 6.45) is 1.29. The van der Waals surface area contributed by atoms with Crippen molar-refractivity contribution in [1.82, 2.24) is 4.98 Å². The van der Waals surface area contributed by atoms with Crippen molar-refractivity contribution in [2.24, 2.45) is 11.5 Å². The lowest BCUT2D eigenvalue weighted by Crippen LogP contribution is -2.21. The Kier molecular flexibility index (Phi) is 1.99. The standard InChI is InChI=1S/C7H11N3/c1-5-2-3-6(7(8)9)10-4-5/h2-4,7H,8-9H2,1H3. The van der Waals surface area contributed by atoms with Crippen LogP contribution in [0.25, 0.3) is 0 Å². The number of nitrogens with two attached hydrogens (primary N) is 2. The van der Waals surface area contributed by atoms with Crippen molar-refractivity contribution >= 4 is 0 Å². The van der Waals surface area contributed by atoms with Gasteiger partial charge in [-0.2, -0.15) is 0 Å². The van der Waals surface area contributed by atoms with E-state index in [1.54, 1.807) is 6.20 Å². The zero-order chi connectivity index (χ0) is 7.56. The molecule has 3 heteroatoms.